The second-order valence-corrected chi connectivity index (χ2v) is 7.63. The summed E-state index contributed by atoms with van der Waals surface area (Å²) < 4.78 is 24.2. The average molecular weight is 316 g/mol. The molecule has 110 valence electrons. The molecule has 20 heavy (non-hydrogen) atoms. The number of benzene rings is 1. The first-order valence-corrected chi connectivity index (χ1v) is 8.54. The molecule has 0 spiro atoms. The van der Waals surface area contributed by atoms with Crippen molar-refractivity contribution >= 4 is 27.3 Å². The van der Waals surface area contributed by atoms with Crippen molar-refractivity contribution in [3.8, 4) is 0 Å². The van der Waals surface area contributed by atoms with Crippen LogP contribution in [0.3, 0.4) is 0 Å². The molecule has 6 heteroatoms. The maximum Gasteiger partial charge on any atom is 0.244 e. The molecule has 1 aliphatic carbocycles. The number of halogens is 1. The lowest BCUT2D eigenvalue weighted by atomic mass is 10.3. The molecule has 1 saturated carbocycles. The molecule has 0 bridgehead atoms. The summed E-state index contributed by atoms with van der Waals surface area (Å²) >= 11 is 5.78. The third kappa shape index (κ3) is 2.33. The summed E-state index contributed by atoms with van der Waals surface area (Å²) in [5.74, 6) is -0.280. The molecule has 0 radical (unpaired) electrons. The van der Waals surface area contributed by atoms with E-state index in [1.54, 1.807) is 4.90 Å². The van der Waals surface area contributed by atoms with Gasteiger partial charge in [-0.3, -0.25) is 4.79 Å². The number of nitrogens with zero attached hydrogens (tertiary/aromatic N) is 1. The van der Waals surface area contributed by atoms with Crippen LogP contribution in [0, 0.1) is 0 Å². The highest BCUT2D eigenvalue weighted by molar-refractivity contribution is 7.94. The van der Waals surface area contributed by atoms with E-state index in [2.05, 4.69) is 0 Å². The lowest BCUT2D eigenvalue weighted by molar-refractivity contribution is -0.131. The van der Waals surface area contributed by atoms with Gasteiger partial charge in [0.1, 0.15) is 0 Å². The highest BCUT2D eigenvalue weighted by atomic mass is 35.5. The summed E-state index contributed by atoms with van der Waals surface area (Å²) in [6, 6.07) is 6.00. The zero-order chi connectivity index (χ0) is 15.0. The molecular formula is C14H18ClNO3S. The Labute approximate surface area is 124 Å². The van der Waals surface area contributed by atoms with E-state index in [-0.39, 0.29) is 10.8 Å². The van der Waals surface area contributed by atoms with Gasteiger partial charge in [0.05, 0.1) is 4.90 Å². The topological polar surface area (TPSA) is 54.5 Å². The summed E-state index contributed by atoms with van der Waals surface area (Å²) in [6.07, 6.45) is 0.792. The van der Waals surface area contributed by atoms with Gasteiger partial charge in [-0.05, 0) is 51.0 Å². The minimum Gasteiger partial charge on any atom is -0.342 e. The monoisotopic (exact) mass is 315 g/mol. The van der Waals surface area contributed by atoms with Crippen molar-refractivity contribution in [1.29, 1.82) is 0 Å². The molecule has 1 aliphatic rings. The number of sulfone groups is 1. The van der Waals surface area contributed by atoms with E-state index in [9.17, 15) is 13.2 Å². The van der Waals surface area contributed by atoms with Gasteiger partial charge in [-0.15, -0.1) is 0 Å². The normalized spacial score (nSPS) is 16.8. The first-order chi connectivity index (χ1) is 9.39. The minimum absolute atomic E-state index is 0.167. The largest absolute Gasteiger partial charge is 0.342 e. The first kappa shape index (κ1) is 15.3. The molecule has 1 amide bonds. The van der Waals surface area contributed by atoms with Gasteiger partial charge in [0.15, 0.2) is 14.6 Å². The van der Waals surface area contributed by atoms with E-state index in [0.29, 0.717) is 31.0 Å². The number of hydrogen-bond acceptors (Lipinski definition) is 3. The summed E-state index contributed by atoms with van der Waals surface area (Å²) in [6.45, 7) is 4.75. The van der Waals surface area contributed by atoms with Gasteiger partial charge in [0, 0.05) is 18.1 Å². The first-order valence-electron chi connectivity index (χ1n) is 6.68. The van der Waals surface area contributed by atoms with E-state index >= 15 is 0 Å². The van der Waals surface area contributed by atoms with Crippen LogP contribution >= 0.6 is 11.6 Å². The zero-order valence-electron chi connectivity index (χ0n) is 11.6. The summed E-state index contributed by atoms with van der Waals surface area (Å²) in [7, 11) is -3.66. The van der Waals surface area contributed by atoms with E-state index in [4.69, 9.17) is 11.6 Å². The Hall–Kier alpha value is -1.07. The molecule has 0 aliphatic heterocycles. The van der Waals surface area contributed by atoms with Crippen LogP contribution in [-0.2, 0) is 14.6 Å². The lowest BCUT2D eigenvalue weighted by Gasteiger charge is -2.25. The van der Waals surface area contributed by atoms with E-state index in [0.717, 1.165) is 0 Å². The van der Waals surface area contributed by atoms with Crippen LogP contribution in [0.2, 0.25) is 5.02 Å². The zero-order valence-corrected chi connectivity index (χ0v) is 13.2. The number of carbonyl (C=O) groups excluding carboxylic acids is 1. The Kier molecular flexibility index (Phi) is 4.12. The molecule has 0 unspecified atom stereocenters. The van der Waals surface area contributed by atoms with Crippen molar-refractivity contribution in [2.24, 2.45) is 0 Å². The van der Waals surface area contributed by atoms with Crippen LogP contribution < -0.4 is 0 Å². The average Bonchev–Trinajstić information content (AvgIpc) is 3.22. The van der Waals surface area contributed by atoms with Crippen LogP contribution in [0.1, 0.15) is 26.7 Å². The van der Waals surface area contributed by atoms with Crippen molar-refractivity contribution < 1.29 is 13.2 Å². The van der Waals surface area contributed by atoms with Crippen LogP contribution in [0.4, 0.5) is 0 Å². The molecular weight excluding hydrogens is 298 g/mol. The molecule has 2 rings (SSSR count). The Morgan fingerprint density at radius 3 is 2.10 bits per heavy atom. The van der Waals surface area contributed by atoms with Crippen LogP contribution in [0.25, 0.3) is 0 Å². The van der Waals surface area contributed by atoms with Crippen LogP contribution in [-0.4, -0.2) is 37.1 Å². The second-order valence-electron chi connectivity index (χ2n) is 4.93. The predicted molar refractivity (Wildman–Crippen MR) is 78.5 cm³/mol. The third-order valence-corrected chi connectivity index (χ3v) is 6.54. The standard InChI is InChI=1S/C14H18ClNO3S/c1-3-16(4-2)13(17)14(9-10-14)20(18,19)12-7-5-11(15)6-8-12/h5-8H,3-4,9-10H2,1-2H3. The van der Waals surface area contributed by atoms with Crippen LogP contribution in [0.5, 0.6) is 0 Å². The highest BCUT2D eigenvalue weighted by Gasteiger charge is 2.62. The molecule has 0 N–H and O–H groups in total. The van der Waals surface area contributed by atoms with Gasteiger partial charge in [-0.1, -0.05) is 11.6 Å². The lowest BCUT2D eigenvalue weighted by Crippen LogP contribution is -2.44. The van der Waals surface area contributed by atoms with E-state index in [1.807, 2.05) is 13.8 Å². The quantitative estimate of drug-likeness (QED) is 0.839. The molecule has 1 fully saturated rings. The molecule has 1 aromatic carbocycles. The third-order valence-electron chi connectivity index (χ3n) is 3.78. The SMILES string of the molecule is CCN(CC)C(=O)C1(S(=O)(=O)c2ccc(Cl)cc2)CC1. The second kappa shape index (κ2) is 5.37. The molecule has 0 heterocycles. The number of carbonyl (C=O) groups is 1. The van der Waals surface area contributed by atoms with Gasteiger partial charge in [0.25, 0.3) is 0 Å². The van der Waals surface area contributed by atoms with Crippen molar-refractivity contribution in [2.75, 3.05) is 13.1 Å². The minimum atomic E-state index is -3.66. The maximum atomic E-state index is 12.7. The van der Waals surface area contributed by atoms with Gasteiger partial charge >= 0.3 is 0 Å². The Balaban J connectivity index is 2.38. The maximum absolute atomic E-state index is 12.7. The number of hydrogen-bond donors (Lipinski definition) is 0. The molecule has 1 aromatic rings. The molecule has 4 nitrogen and oxygen atoms in total. The molecule has 0 saturated heterocycles. The van der Waals surface area contributed by atoms with Crippen LogP contribution in [0.15, 0.2) is 29.2 Å². The Bertz CT molecular complexity index is 602. The smallest absolute Gasteiger partial charge is 0.244 e. The highest BCUT2D eigenvalue weighted by Crippen LogP contribution is 2.48. The van der Waals surface area contributed by atoms with Crippen molar-refractivity contribution in [1.82, 2.24) is 4.90 Å². The number of rotatable bonds is 5. The van der Waals surface area contributed by atoms with Crippen molar-refractivity contribution in [2.45, 2.75) is 36.3 Å². The summed E-state index contributed by atoms with van der Waals surface area (Å²) in [5.41, 5.74) is 0. The van der Waals surface area contributed by atoms with Crippen molar-refractivity contribution in [3.05, 3.63) is 29.3 Å². The van der Waals surface area contributed by atoms with Gasteiger partial charge in [-0.25, -0.2) is 8.42 Å². The fourth-order valence-electron chi connectivity index (χ4n) is 2.35. The summed E-state index contributed by atoms with van der Waals surface area (Å²) in [5, 5.41) is 0.476. The van der Waals surface area contributed by atoms with Gasteiger partial charge in [-0.2, -0.15) is 0 Å². The Morgan fingerprint density at radius 1 is 1.20 bits per heavy atom. The van der Waals surface area contributed by atoms with Gasteiger partial charge < -0.3 is 4.90 Å². The van der Waals surface area contributed by atoms with Gasteiger partial charge in [0.2, 0.25) is 5.91 Å². The summed E-state index contributed by atoms with van der Waals surface area (Å²) in [4.78, 5) is 14.2. The molecule has 0 aromatic heterocycles. The molecule has 0 atom stereocenters. The van der Waals surface area contributed by atoms with E-state index in [1.165, 1.54) is 24.3 Å². The Morgan fingerprint density at radius 2 is 1.70 bits per heavy atom. The van der Waals surface area contributed by atoms with Crippen molar-refractivity contribution in [3.63, 3.8) is 0 Å². The number of amides is 1. The predicted octanol–water partition coefficient (Wildman–Crippen LogP) is 2.51. The fourth-order valence-corrected chi connectivity index (χ4v) is 4.42. The fraction of sp³-hybridized carbons (Fsp3) is 0.500. The van der Waals surface area contributed by atoms with E-state index < -0.39 is 14.6 Å².